The molecule has 7 nitrogen and oxygen atoms in total. The highest BCUT2D eigenvalue weighted by atomic mass is 16.5. The maximum absolute atomic E-state index is 12.8. The van der Waals surface area contributed by atoms with Crippen molar-refractivity contribution in [2.75, 3.05) is 24.6 Å². The van der Waals surface area contributed by atoms with Crippen LogP contribution in [0.2, 0.25) is 0 Å². The summed E-state index contributed by atoms with van der Waals surface area (Å²) in [4.78, 5) is 28.9. The third kappa shape index (κ3) is 2.94. The van der Waals surface area contributed by atoms with Crippen molar-refractivity contribution in [3.05, 3.63) is 54.5 Å². The number of carbonyl (C=O) groups is 1. The molecule has 2 atom stereocenters. The molecule has 2 fully saturated rings. The molecule has 7 heteroatoms. The highest BCUT2D eigenvalue weighted by Gasteiger charge is 2.42. The minimum atomic E-state index is -0.0101. The normalized spacial score (nSPS) is 22.9. The number of fused-ring (bicyclic) bond motifs is 2. The smallest absolute Gasteiger partial charge is 0.225 e. The second-order valence-electron chi connectivity index (χ2n) is 7.08. The quantitative estimate of drug-likeness (QED) is 0.770. The Balaban J connectivity index is 1.45. The van der Waals surface area contributed by atoms with Gasteiger partial charge in [0, 0.05) is 25.8 Å². The number of nitrogens with zero attached hydrogens (tertiary/aromatic N) is 4. The van der Waals surface area contributed by atoms with Gasteiger partial charge >= 0.3 is 0 Å². The second kappa shape index (κ2) is 6.66. The van der Waals surface area contributed by atoms with Crippen molar-refractivity contribution in [1.82, 2.24) is 19.9 Å². The lowest BCUT2D eigenvalue weighted by Crippen LogP contribution is -2.45. The summed E-state index contributed by atoms with van der Waals surface area (Å²) < 4.78 is 6.06. The summed E-state index contributed by atoms with van der Waals surface area (Å²) in [7, 11) is 0. The topological polar surface area (TPSA) is 74.3 Å². The van der Waals surface area contributed by atoms with E-state index in [1.54, 1.807) is 6.33 Å². The van der Waals surface area contributed by atoms with Crippen molar-refractivity contribution in [1.29, 1.82) is 0 Å². The van der Waals surface area contributed by atoms with E-state index >= 15 is 0 Å². The van der Waals surface area contributed by atoms with Crippen LogP contribution in [0.25, 0.3) is 11.0 Å². The van der Waals surface area contributed by atoms with Crippen molar-refractivity contribution in [3.8, 4) is 0 Å². The molecule has 4 heterocycles. The molecule has 1 amide bonds. The van der Waals surface area contributed by atoms with E-state index in [1.807, 2.05) is 35.4 Å². The Morgan fingerprint density at radius 2 is 2.04 bits per heavy atom. The number of aromatic amines is 1. The Morgan fingerprint density at radius 3 is 2.93 bits per heavy atom. The molecule has 3 aromatic rings. The van der Waals surface area contributed by atoms with Gasteiger partial charge in [0.1, 0.15) is 17.8 Å². The zero-order valence-electron chi connectivity index (χ0n) is 14.9. The van der Waals surface area contributed by atoms with Crippen LogP contribution in [0, 0.1) is 0 Å². The molecule has 0 spiro atoms. The number of aromatic nitrogens is 3. The minimum absolute atomic E-state index is 0.0101. The number of rotatable bonds is 3. The van der Waals surface area contributed by atoms with Crippen LogP contribution in [0.3, 0.4) is 0 Å². The molecule has 0 radical (unpaired) electrons. The molecule has 138 valence electrons. The molecular formula is C20H21N5O2. The number of amides is 1. The molecule has 0 aliphatic carbocycles. The van der Waals surface area contributed by atoms with Crippen molar-refractivity contribution >= 4 is 22.8 Å². The van der Waals surface area contributed by atoms with E-state index < -0.39 is 0 Å². The molecule has 2 saturated heterocycles. The van der Waals surface area contributed by atoms with Crippen LogP contribution in [0.4, 0.5) is 5.82 Å². The first-order chi connectivity index (χ1) is 13.3. The summed E-state index contributed by atoms with van der Waals surface area (Å²) in [6.07, 6.45) is 3.88. The summed E-state index contributed by atoms with van der Waals surface area (Å²) >= 11 is 0. The Labute approximate surface area is 157 Å². The van der Waals surface area contributed by atoms with E-state index in [2.05, 4.69) is 32.0 Å². The van der Waals surface area contributed by atoms with Crippen LogP contribution in [-0.4, -0.2) is 57.6 Å². The average molecular weight is 363 g/mol. The van der Waals surface area contributed by atoms with Crippen LogP contribution >= 0.6 is 0 Å². The number of anilines is 1. The predicted octanol–water partition coefficient (Wildman–Crippen LogP) is 1.96. The van der Waals surface area contributed by atoms with Crippen LogP contribution in [0.15, 0.2) is 48.9 Å². The Kier molecular flexibility index (Phi) is 4.01. The summed E-state index contributed by atoms with van der Waals surface area (Å²) in [5, 5.41) is 0.995. The number of benzene rings is 1. The molecule has 1 aromatic carbocycles. The van der Waals surface area contributed by atoms with Gasteiger partial charge in [-0.1, -0.05) is 30.3 Å². The van der Waals surface area contributed by atoms with E-state index in [1.165, 1.54) is 0 Å². The average Bonchev–Trinajstić information content (AvgIpc) is 3.31. The molecule has 0 unspecified atom stereocenters. The van der Waals surface area contributed by atoms with Gasteiger partial charge in [0.2, 0.25) is 5.91 Å². The highest BCUT2D eigenvalue weighted by molar-refractivity contribution is 5.87. The van der Waals surface area contributed by atoms with Gasteiger partial charge in [0.05, 0.1) is 30.6 Å². The van der Waals surface area contributed by atoms with Crippen LogP contribution in [-0.2, 0) is 16.1 Å². The third-order valence-electron chi connectivity index (χ3n) is 5.43. The molecule has 2 aliphatic heterocycles. The Hall–Kier alpha value is -2.93. The number of hydrogen-bond donors (Lipinski definition) is 1. The largest absolute Gasteiger partial charge is 0.374 e. The summed E-state index contributed by atoms with van der Waals surface area (Å²) in [5.74, 6) is 1.05. The monoisotopic (exact) mass is 363 g/mol. The summed E-state index contributed by atoms with van der Waals surface area (Å²) in [6.45, 7) is 2.52. The van der Waals surface area contributed by atoms with Crippen molar-refractivity contribution in [2.24, 2.45) is 0 Å². The van der Waals surface area contributed by atoms with Gasteiger partial charge in [-0.2, -0.15) is 0 Å². The lowest BCUT2D eigenvalue weighted by Gasteiger charge is -2.29. The summed E-state index contributed by atoms with van der Waals surface area (Å²) in [6, 6.07) is 12.2. The number of H-pyrrole nitrogens is 1. The van der Waals surface area contributed by atoms with Gasteiger partial charge in [-0.15, -0.1) is 0 Å². The fraction of sp³-hybridized carbons (Fsp3) is 0.350. The molecular weight excluding hydrogens is 342 g/mol. The second-order valence-corrected chi connectivity index (χ2v) is 7.08. The van der Waals surface area contributed by atoms with Gasteiger partial charge in [0.15, 0.2) is 0 Å². The molecule has 0 bridgehead atoms. The summed E-state index contributed by atoms with van der Waals surface area (Å²) in [5.41, 5.74) is 1.96. The van der Waals surface area contributed by atoms with Crippen molar-refractivity contribution in [3.63, 3.8) is 0 Å². The third-order valence-corrected chi connectivity index (χ3v) is 5.43. The van der Waals surface area contributed by atoms with Gasteiger partial charge in [-0.05, 0) is 11.6 Å². The van der Waals surface area contributed by atoms with Gasteiger partial charge in [-0.3, -0.25) is 4.79 Å². The van der Waals surface area contributed by atoms with E-state index in [4.69, 9.17) is 4.74 Å². The number of ether oxygens (including phenoxy) is 1. The van der Waals surface area contributed by atoms with Gasteiger partial charge < -0.3 is 19.5 Å². The molecule has 2 aromatic heterocycles. The number of hydrogen-bond acceptors (Lipinski definition) is 5. The standard InChI is InChI=1S/C20H21N5O2/c26-18-7-9-27-17-12-24(20-15-6-8-21-19(15)22-13-23-20)11-16(17)25(18)10-14-4-2-1-3-5-14/h1-6,8,13,16-17H,7,9-12H2,(H,21,22,23)/t16-,17-/m0/s1. The highest BCUT2D eigenvalue weighted by Crippen LogP contribution is 2.30. The zero-order chi connectivity index (χ0) is 18.2. The molecule has 0 saturated carbocycles. The maximum atomic E-state index is 12.8. The lowest BCUT2D eigenvalue weighted by molar-refractivity contribution is -0.133. The maximum Gasteiger partial charge on any atom is 0.225 e. The predicted molar refractivity (Wildman–Crippen MR) is 101 cm³/mol. The molecule has 5 rings (SSSR count). The van der Waals surface area contributed by atoms with Crippen LogP contribution < -0.4 is 4.90 Å². The van der Waals surface area contributed by atoms with Gasteiger partial charge in [0.25, 0.3) is 0 Å². The number of carbonyl (C=O) groups excluding carboxylic acids is 1. The first-order valence-electron chi connectivity index (χ1n) is 9.27. The van der Waals surface area contributed by atoms with Gasteiger partial charge in [-0.25, -0.2) is 9.97 Å². The van der Waals surface area contributed by atoms with Crippen LogP contribution in [0.5, 0.6) is 0 Å². The molecule has 2 aliphatic rings. The Morgan fingerprint density at radius 1 is 1.15 bits per heavy atom. The van der Waals surface area contributed by atoms with E-state index in [-0.39, 0.29) is 18.1 Å². The van der Waals surface area contributed by atoms with Crippen molar-refractivity contribution in [2.45, 2.75) is 25.1 Å². The molecule has 27 heavy (non-hydrogen) atoms. The minimum Gasteiger partial charge on any atom is -0.374 e. The first kappa shape index (κ1) is 16.3. The lowest BCUT2D eigenvalue weighted by atomic mass is 10.1. The van der Waals surface area contributed by atoms with E-state index in [0.29, 0.717) is 26.1 Å². The number of nitrogens with one attached hydrogen (secondary N) is 1. The van der Waals surface area contributed by atoms with E-state index in [0.717, 1.165) is 29.0 Å². The SMILES string of the molecule is O=C1CCO[C@H]2CN(c3ncnc4[nH]ccc34)C[C@@H]2N1Cc1ccccc1. The Bertz CT molecular complexity index is 957. The van der Waals surface area contributed by atoms with E-state index in [9.17, 15) is 4.79 Å². The van der Waals surface area contributed by atoms with Crippen LogP contribution in [0.1, 0.15) is 12.0 Å². The fourth-order valence-electron chi connectivity index (χ4n) is 4.12. The zero-order valence-corrected chi connectivity index (χ0v) is 14.9. The first-order valence-corrected chi connectivity index (χ1v) is 9.27. The van der Waals surface area contributed by atoms with Crippen molar-refractivity contribution < 1.29 is 9.53 Å². The fourth-order valence-corrected chi connectivity index (χ4v) is 4.12. The molecule has 1 N–H and O–H groups in total.